The van der Waals surface area contributed by atoms with Gasteiger partial charge >= 0.3 is 5.97 Å². The highest BCUT2D eigenvalue weighted by atomic mass is 35.5. The van der Waals surface area contributed by atoms with Gasteiger partial charge in [-0.15, -0.1) is 0 Å². The van der Waals surface area contributed by atoms with Gasteiger partial charge in [0.1, 0.15) is 10.7 Å². The summed E-state index contributed by atoms with van der Waals surface area (Å²) in [5.41, 5.74) is 0.656. The lowest BCUT2D eigenvalue weighted by molar-refractivity contribution is -0.120. The summed E-state index contributed by atoms with van der Waals surface area (Å²) in [6.07, 6.45) is -0.277. The molecule has 0 saturated heterocycles. The number of imide groups is 1. The third-order valence-corrected chi connectivity index (χ3v) is 4.79. The molecule has 6 nitrogen and oxygen atoms in total. The molecule has 29 heavy (non-hydrogen) atoms. The molecule has 0 unspecified atom stereocenters. The maximum absolute atomic E-state index is 12.9. The van der Waals surface area contributed by atoms with Crippen molar-refractivity contribution in [2.45, 2.75) is 20.0 Å². The largest absolute Gasteiger partial charge is 0.459 e. The minimum atomic E-state index is -0.737. The van der Waals surface area contributed by atoms with E-state index in [1.807, 2.05) is 0 Å². The molecule has 2 aromatic carbocycles. The molecule has 0 spiro atoms. The second-order valence-corrected chi connectivity index (χ2v) is 7.61. The van der Waals surface area contributed by atoms with Gasteiger partial charge in [0.15, 0.2) is 0 Å². The number of benzene rings is 2. The molecular weight excluding hydrogens is 439 g/mol. The van der Waals surface area contributed by atoms with Gasteiger partial charge in [-0.3, -0.25) is 9.59 Å². The van der Waals surface area contributed by atoms with Crippen molar-refractivity contribution in [2.75, 3.05) is 10.2 Å². The minimum Gasteiger partial charge on any atom is -0.459 e. The van der Waals surface area contributed by atoms with E-state index in [1.165, 1.54) is 24.3 Å². The zero-order valence-corrected chi connectivity index (χ0v) is 17.6. The van der Waals surface area contributed by atoms with E-state index in [4.69, 9.17) is 39.5 Å². The van der Waals surface area contributed by atoms with Crippen LogP contribution < -0.4 is 10.2 Å². The lowest BCUT2D eigenvalue weighted by Crippen LogP contribution is -2.32. The molecule has 1 heterocycles. The second kappa shape index (κ2) is 8.45. The summed E-state index contributed by atoms with van der Waals surface area (Å²) < 4.78 is 5.16. The highest BCUT2D eigenvalue weighted by molar-refractivity contribution is 6.54. The summed E-state index contributed by atoms with van der Waals surface area (Å²) in [5.74, 6) is -1.94. The van der Waals surface area contributed by atoms with Crippen molar-refractivity contribution in [3.63, 3.8) is 0 Å². The van der Waals surface area contributed by atoms with Crippen LogP contribution in [0.15, 0.2) is 53.2 Å². The van der Waals surface area contributed by atoms with Gasteiger partial charge in [-0.25, -0.2) is 9.69 Å². The third-order valence-electron chi connectivity index (χ3n) is 3.89. The molecule has 0 radical (unpaired) electrons. The number of carbonyl (C=O) groups is 3. The zero-order chi connectivity index (χ0) is 21.3. The van der Waals surface area contributed by atoms with Gasteiger partial charge in [-0.05, 0) is 50.2 Å². The SMILES string of the molecule is CC(C)OC(=O)c1cccc(NC2=C(Cl)C(=O)N(c3cc(Cl)ccc3Cl)C2=O)c1. The van der Waals surface area contributed by atoms with E-state index in [0.29, 0.717) is 10.7 Å². The first kappa shape index (κ1) is 21.2. The third kappa shape index (κ3) is 4.40. The quantitative estimate of drug-likeness (QED) is 0.509. The van der Waals surface area contributed by atoms with Crippen LogP contribution >= 0.6 is 34.8 Å². The lowest BCUT2D eigenvalue weighted by Gasteiger charge is -2.17. The Balaban J connectivity index is 1.89. The van der Waals surface area contributed by atoms with Gasteiger partial charge in [0.05, 0.1) is 22.4 Å². The fourth-order valence-electron chi connectivity index (χ4n) is 2.64. The van der Waals surface area contributed by atoms with Crippen molar-refractivity contribution >= 4 is 64.0 Å². The van der Waals surface area contributed by atoms with Crippen LogP contribution in [-0.2, 0) is 14.3 Å². The second-order valence-electron chi connectivity index (χ2n) is 6.39. The average Bonchev–Trinajstić information content (AvgIpc) is 2.87. The van der Waals surface area contributed by atoms with Gasteiger partial charge < -0.3 is 10.1 Å². The number of amides is 2. The molecular formula is C20H15Cl3N2O4. The molecule has 0 bridgehead atoms. The Labute approximate surface area is 182 Å². The van der Waals surface area contributed by atoms with Crippen LogP contribution in [0.3, 0.4) is 0 Å². The van der Waals surface area contributed by atoms with Gasteiger partial charge in [-0.2, -0.15) is 0 Å². The molecule has 2 aromatic rings. The number of hydrogen-bond acceptors (Lipinski definition) is 5. The average molecular weight is 454 g/mol. The summed E-state index contributed by atoms with van der Waals surface area (Å²) in [5, 5.41) is 2.97. The van der Waals surface area contributed by atoms with Crippen molar-refractivity contribution in [1.29, 1.82) is 0 Å². The van der Waals surface area contributed by atoms with Crippen molar-refractivity contribution in [3.05, 3.63) is 68.8 Å². The molecule has 0 saturated carbocycles. The first-order valence-electron chi connectivity index (χ1n) is 8.50. The lowest BCUT2D eigenvalue weighted by atomic mass is 10.2. The molecule has 1 aliphatic rings. The molecule has 0 aliphatic carbocycles. The number of hydrogen-bond donors (Lipinski definition) is 1. The van der Waals surface area contributed by atoms with E-state index in [-0.39, 0.29) is 33.1 Å². The Kier molecular flexibility index (Phi) is 6.17. The monoisotopic (exact) mass is 452 g/mol. The Hall–Kier alpha value is -2.54. The van der Waals surface area contributed by atoms with Gasteiger partial charge in [0.25, 0.3) is 11.8 Å². The Morgan fingerprint density at radius 2 is 1.76 bits per heavy atom. The molecule has 150 valence electrons. The normalized spacial score (nSPS) is 14.1. The zero-order valence-electron chi connectivity index (χ0n) is 15.3. The molecule has 2 amide bonds. The summed E-state index contributed by atoms with van der Waals surface area (Å²) in [6.45, 7) is 3.48. The van der Waals surface area contributed by atoms with E-state index in [0.717, 1.165) is 4.90 Å². The summed E-state index contributed by atoms with van der Waals surface area (Å²) in [7, 11) is 0. The van der Waals surface area contributed by atoms with Crippen LogP contribution in [0.25, 0.3) is 0 Å². The fraction of sp³-hybridized carbons (Fsp3) is 0.150. The highest BCUT2D eigenvalue weighted by Crippen LogP contribution is 2.35. The number of ether oxygens (including phenoxy) is 1. The Bertz CT molecular complexity index is 1050. The number of rotatable bonds is 5. The molecule has 9 heteroatoms. The number of halogens is 3. The van der Waals surface area contributed by atoms with Gasteiger partial charge in [0.2, 0.25) is 0 Å². The van der Waals surface area contributed by atoms with E-state index >= 15 is 0 Å². The van der Waals surface area contributed by atoms with Crippen LogP contribution in [0, 0.1) is 0 Å². The Morgan fingerprint density at radius 3 is 2.45 bits per heavy atom. The Morgan fingerprint density at radius 1 is 1.03 bits per heavy atom. The summed E-state index contributed by atoms with van der Waals surface area (Å²) in [4.78, 5) is 38.4. The first-order valence-corrected chi connectivity index (χ1v) is 9.64. The topological polar surface area (TPSA) is 75.7 Å². The number of nitrogens with one attached hydrogen (secondary N) is 1. The highest BCUT2D eigenvalue weighted by Gasteiger charge is 2.40. The van der Waals surface area contributed by atoms with Crippen LogP contribution in [0.1, 0.15) is 24.2 Å². The minimum absolute atomic E-state index is 0.123. The first-order chi connectivity index (χ1) is 13.7. The van der Waals surface area contributed by atoms with Crippen LogP contribution in [0.2, 0.25) is 10.0 Å². The van der Waals surface area contributed by atoms with E-state index in [1.54, 1.807) is 32.0 Å². The van der Waals surface area contributed by atoms with Crippen molar-refractivity contribution in [3.8, 4) is 0 Å². The molecule has 0 atom stereocenters. The van der Waals surface area contributed by atoms with Crippen LogP contribution in [0.5, 0.6) is 0 Å². The standard InChI is InChI=1S/C20H15Cl3N2O4/c1-10(2)29-20(28)11-4-3-5-13(8-11)24-17-16(23)18(26)25(19(17)27)15-9-12(21)6-7-14(15)22/h3-10,24H,1-2H3. The van der Waals surface area contributed by atoms with Gasteiger partial charge in [0, 0.05) is 10.7 Å². The maximum atomic E-state index is 12.9. The van der Waals surface area contributed by atoms with Gasteiger partial charge in [-0.1, -0.05) is 40.9 Å². The number of anilines is 2. The van der Waals surface area contributed by atoms with E-state index in [2.05, 4.69) is 5.32 Å². The predicted octanol–water partition coefficient (Wildman–Crippen LogP) is 4.99. The summed E-state index contributed by atoms with van der Waals surface area (Å²) >= 11 is 18.2. The van der Waals surface area contributed by atoms with E-state index in [9.17, 15) is 14.4 Å². The van der Waals surface area contributed by atoms with Crippen molar-refractivity contribution in [1.82, 2.24) is 0 Å². The predicted molar refractivity (Wildman–Crippen MR) is 112 cm³/mol. The smallest absolute Gasteiger partial charge is 0.338 e. The molecule has 1 aliphatic heterocycles. The van der Waals surface area contributed by atoms with E-state index < -0.39 is 17.8 Å². The molecule has 0 fully saturated rings. The summed E-state index contributed by atoms with van der Waals surface area (Å²) in [6, 6.07) is 10.7. The number of carbonyl (C=O) groups excluding carboxylic acids is 3. The molecule has 1 N–H and O–H groups in total. The van der Waals surface area contributed by atoms with Crippen molar-refractivity contribution in [2.24, 2.45) is 0 Å². The number of nitrogens with zero attached hydrogens (tertiary/aromatic N) is 1. The molecule has 3 rings (SSSR count). The number of esters is 1. The van der Waals surface area contributed by atoms with Crippen molar-refractivity contribution < 1.29 is 19.1 Å². The van der Waals surface area contributed by atoms with Crippen LogP contribution in [0.4, 0.5) is 11.4 Å². The molecule has 0 aromatic heterocycles. The van der Waals surface area contributed by atoms with Crippen LogP contribution in [-0.4, -0.2) is 23.9 Å². The maximum Gasteiger partial charge on any atom is 0.338 e. The fourth-order valence-corrected chi connectivity index (χ4v) is 3.22.